The van der Waals surface area contributed by atoms with Crippen LogP contribution >= 0.6 is 11.3 Å². The van der Waals surface area contributed by atoms with Crippen molar-refractivity contribution in [3.05, 3.63) is 92.3 Å². The van der Waals surface area contributed by atoms with Crippen LogP contribution < -0.4 is 16.2 Å². The zero-order chi connectivity index (χ0) is 29.7. The number of rotatable bonds is 9. The Balaban J connectivity index is 1.62. The second-order valence-corrected chi connectivity index (χ2v) is 10.3. The van der Waals surface area contributed by atoms with Crippen molar-refractivity contribution < 1.29 is 28.7 Å². The lowest BCUT2D eigenvalue weighted by atomic mass is 10.2. The number of anilines is 2. The number of aromatic nitrogens is 2. The van der Waals surface area contributed by atoms with Gasteiger partial charge in [0, 0.05) is 23.1 Å². The molecule has 0 spiro atoms. The molecule has 2 aromatic carbocycles. The number of benzene rings is 2. The molecule has 11 nitrogen and oxygen atoms in total. The molecule has 0 saturated carbocycles. The SMILES string of the molecule is CCCOC(=O)c1ccc(NC(=O)c2sc3nc(C)cc(=O)n3c2C(=O)Nc2ccc(C(=O)OC(C)C)cc2)cc1. The Bertz CT molecular complexity index is 1670. The summed E-state index contributed by atoms with van der Waals surface area (Å²) in [4.78, 5) is 68.3. The number of nitrogens with one attached hydrogen (secondary N) is 2. The van der Waals surface area contributed by atoms with E-state index in [1.165, 1.54) is 54.6 Å². The minimum absolute atomic E-state index is 0.0405. The van der Waals surface area contributed by atoms with Crippen molar-refractivity contribution in [2.75, 3.05) is 17.2 Å². The standard InChI is InChI=1S/C29H28N4O7S/c1-5-14-39-27(37)18-6-10-21(11-7-18)32-26(36)24-23(33-22(34)15-17(4)30-29(33)41-24)25(35)31-20-12-8-19(9-13-20)28(38)40-16(2)3/h6-13,15-16H,5,14H2,1-4H3,(H,31,35)(H,32,36). The summed E-state index contributed by atoms with van der Waals surface area (Å²) >= 11 is 0.891. The molecule has 2 aromatic heterocycles. The normalized spacial score (nSPS) is 10.9. The molecule has 4 rings (SSSR count). The van der Waals surface area contributed by atoms with E-state index in [4.69, 9.17) is 9.47 Å². The van der Waals surface area contributed by atoms with Gasteiger partial charge in [-0.05, 0) is 75.7 Å². The number of nitrogens with zero attached hydrogens (tertiary/aromatic N) is 2. The molecule has 2 heterocycles. The molecule has 0 aliphatic rings. The van der Waals surface area contributed by atoms with E-state index in [2.05, 4.69) is 15.6 Å². The molecule has 12 heteroatoms. The zero-order valence-electron chi connectivity index (χ0n) is 22.8. The van der Waals surface area contributed by atoms with E-state index in [-0.39, 0.29) is 21.6 Å². The van der Waals surface area contributed by atoms with E-state index in [0.29, 0.717) is 41.2 Å². The van der Waals surface area contributed by atoms with Crippen LogP contribution in [0.25, 0.3) is 4.96 Å². The number of hydrogen-bond acceptors (Lipinski definition) is 9. The fraction of sp³-hybridized carbons (Fsp3) is 0.241. The van der Waals surface area contributed by atoms with Crippen molar-refractivity contribution in [1.29, 1.82) is 0 Å². The van der Waals surface area contributed by atoms with Crippen LogP contribution in [-0.2, 0) is 9.47 Å². The van der Waals surface area contributed by atoms with Gasteiger partial charge in [0.1, 0.15) is 10.6 Å². The van der Waals surface area contributed by atoms with Gasteiger partial charge in [-0.15, -0.1) is 0 Å². The molecule has 0 atom stereocenters. The van der Waals surface area contributed by atoms with Gasteiger partial charge < -0.3 is 20.1 Å². The van der Waals surface area contributed by atoms with Crippen molar-refractivity contribution in [1.82, 2.24) is 9.38 Å². The van der Waals surface area contributed by atoms with Crippen LogP contribution in [0.5, 0.6) is 0 Å². The van der Waals surface area contributed by atoms with Gasteiger partial charge in [0.2, 0.25) is 0 Å². The Kier molecular flexibility index (Phi) is 8.93. The Morgan fingerprint density at radius 1 is 0.902 bits per heavy atom. The maximum Gasteiger partial charge on any atom is 0.338 e. The molecular formula is C29H28N4O7S. The number of esters is 2. The molecule has 0 saturated heterocycles. The minimum Gasteiger partial charge on any atom is -0.462 e. The number of amides is 2. The van der Waals surface area contributed by atoms with E-state index in [1.807, 2.05) is 6.92 Å². The number of carbonyl (C=O) groups is 4. The molecule has 0 radical (unpaired) electrons. The van der Waals surface area contributed by atoms with Gasteiger partial charge in [-0.25, -0.2) is 19.0 Å². The number of fused-ring (bicyclic) bond motifs is 1. The van der Waals surface area contributed by atoms with Crippen LogP contribution in [0.3, 0.4) is 0 Å². The largest absolute Gasteiger partial charge is 0.462 e. The van der Waals surface area contributed by atoms with E-state index in [9.17, 15) is 24.0 Å². The van der Waals surface area contributed by atoms with Crippen LogP contribution in [0, 0.1) is 6.92 Å². The highest BCUT2D eigenvalue weighted by atomic mass is 32.1. The van der Waals surface area contributed by atoms with Crippen molar-refractivity contribution in [2.45, 2.75) is 40.2 Å². The van der Waals surface area contributed by atoms with E-state index in [1.54, 1.807) is 20.8 Å². The van der Waals surface area contributed by atoms with Crippen LogP contribution in [0.1, 0.15) is 73.8 Å². The molecule has 0 fully saturated rings. The Hall–Kier alpha value is -4.84. The first-order valence-electron chi connectivity index (χ1n) is 12.8. The van der Waals surface area contributed by atoms with Gasteiger partial charge in [0.25, 0.3) is 17.4 Å². The Morgan fingerprint density at radius 2 is 1.46 bits per heavy atom. The molecule has 0 aliphatic heterocycles. The van der Waals surface area contributed by atoms with Crippen LogP contribution in [0.4, 0.5) is 11.4 Å². The van der Waals surface area contributed by atoms with Crippen molar-refractivity contribution in [3.63, 3.8) is 0 Å². The van der Waals surface area contributed by atoms with E-state index < -0.39 is 29.3 Å². The predicted octanol–water partition coefficient (Wildman–Crippen LogP) is 4.70. The highest BCUT2D eigenvalue weighted by molar-refractivity contribution is 7.19. The minimum atomic E-state index is -0.722. The van der Waals surface area contributed by atoms with Crippen molar-refractivity contribution in [2.24, 2.45) is 0 Å². The number of hydrogen-bond donors (Lipinski definition) is 2. The van der Waals surface area contributed by atoms with E-state index >= 15 is 0 Å². The van der Waals surface area contributed by atoms with E-state index in [0.717, 1.165) is 15.7 Å². The van der Waals surface area contributed by atoms with Gasteiger partial charge >= 0.3 is 11.9 Å². The maximum absolute atomic E-state index is 13.5. The van der Waals surface area contributed by atoms with Gasteiger partial charge in [-0.3, -0.25) is 14.4 Å². The van der Waals surface area contributed by atoms with Gasteiger partial charge in [-0.2, -0.15) is 0 Å². The summed E-state index contributed by atoms with van der Waals surface area (Å²) < 4.78 is 11.4. The van der Waals surface area contributed by atoms with Gasteiger partial charge in [-0.1, -0.05) is 18.3 Å². The van der Waals surface area contributed by atoms with Crippen LogP contribution in [-0.4, -0.2) is 45.8 Å². The molecule has 41 heavy (non-hydrogen) atoms. The number of ether oxygens (including phenoxy) is 2. The smallest absolute Gasteiger partial charge is 0.338 e. The number of carbonyl (C=O) groups excluding carboxylic acids is 4. The molecule has 2 N–H and O–H groups in total. The summed E-state index contributed by atoms with van der Waals surface area (Å²) in [7, 11) is 0. The first-order valence-corrected chi connectivity index (χ1v) is 13.6. The third-order valence-corrected chi connectivity index (χ3v) is 6.65. The summed E-state index contributed by atoms with van der Waals surface area (Å²) in [5.74, 6) is -2.34. The molecular weight excluding hydrogens is 548 g/mol. The fourth-order valence-corrected chi connectivity index (χ4v) is 4.83. The molecule has 0 aliphatic carbocycles. The first kappa shape index (κ1) is 29.2. The third kappa shape index (κ3) is 6.84. The summed E-state index contributed by atoms with van der Waals surface area (Å²) in [5, 5.41) is 5.38. The molecule has 0 bridgehead atoms. The molecule has 4 aromatic rings. The third-order valence-electron chi connectivity index (χ3n) is 5.61. The van der Waals surface area contributed by atoms with Crippen LogP contribution in [0.2, 0.25) is 0 Å². The monoisotopic (exact) mass is 576 g/mol. The molecule has 212 valence electrons. The molecule has 0 unspecified atom stereocenters. The Labute approximate surface area is 239 Å². The lowest BCUT2D eigenvalue weighted by Gasteiger charge is -2.10. The van der Waals surface area contributed by atoms with Crippen molar-refractivity contribution in [3.8, 4) is 0 Å². The van der Waals surface area contributed by atoms with Gasteiger partial charge in [0.05, 0.1) is 23.8 Å². The number of thiazole rings is 1. The summed E-state index contributed by atoms with van der Waals surface area (Å²) in [6.07, 6.45) is 0.412. The average Bonchev–Trinajstić information content (AvgIpc) is 3.32. The summed E-state index contributed by atoms with van der Waals surface area (Å²) in [5.41, 5.74) is 1.06. The second-order valence-electron chi connectivity index (χ2n) is 9.29. The predicted molar refractivity (Wildman–Crippen MR) is 154 cm³/mol. The number of aryl methyl sites for hydroxylation is 1. The lowest BCUT2D eigenvalue weighted by Crippen LogP contribution is -2.25. The summed E-state index contributed by atoms with van der Waals surface area (Å²) in [6, 6.07) is 13.4. The quantitative estimate of drug-likeness (QED) is 0.273. The average molecular weight is 577 g/mol. The fourth-order valence-electron chi connectivity index (χ4n) is 3.76. The zero-order valence-corrected chi connectivity index (χ0v) is 23.7. The molecule has 2 amide bonds. The van der Waals surface area contributed by atoms with Crippen molar-refractivity contribution >= 4 is 51.4 Å². The topological polar surface area (TPSA) is 145 Å². The Morgan fingerprint density at radius 3 is 2.02 bits per heavy atom. The first-order chi connectivity index (χ1) is 19.6. The van der Waals surface area contributed by atoms with Gasteiger partial charge in [0.15, 0.2) is 4.96 Å². The second kappa shape index (κ2) is 12.6. The van der Waals surface area contributed by atoms with Crippen LogP contribution in [0.15, 0.2) is 59.4 Å². The summed E-state index contributed by atoms with van der Waals surface area (Å²) in [6.45, 7) is 7.31. The highest BCUT2D eigenvalue weighted by Crippen LogP contribution is 2.24. The highest BCUT2D eigenvalue weighted by Gasteiger charge is 2.26. The lowest BCUT2D eigenvalue weighted by molar-refractivity contribution is 0.0377. The maximum atomic E-state index is 13.5.